The lowest BCUT2D eigenvalue weighted by atomic mass is 9.92. The molecule has 168 valence electrons. The summed E-state index contributed by atoms with van der Waals surface area (Å²) in [4.78, 5) is 50.4. The van der Waals surface area contributed by atoms with Gasteiger partial charge in [-0.25, -0.2) is 4.79 Å². The van der Waals surface area contributed by atoms with Gasteiger partial charge < -0.3 is 15.4 Å². The Labute approximate surface area is 182 Å². The Balaban J connectivity index is 1.59. The fraction of sp³-hybridized carbons (Fsp3) is 0.565. The van der Waals surface area contributed by atoms with Gasteiger partial charge in [0.2, 0.25) is 0 Å². The Kier molecular flexibility index (Phi) is 6.67. The highest BCUT2D eigenvalue weighted by Gasteiger charge is 2.52. The summed E-state index contributed by atoms with van der Waals surface area (Å²) in [5, 5.41) is 5.59. The van der Waals surface area contributed by atoms with Gasteiger partial charge in [-0.05, 0) is 35.8 Å². The van der Waals surface area contributed by atoms with Crippen molar-refractivity contribution in [2.24, 2.45) is 0 Å². The molecular weight excluding hydrogens is 398 g/mol. The first-order valence-corrected chi connectivity index (χ1v) is 10.9. The highest BCUT2D eigenvalue weighted by Crippen LogP contribution is 2.35. The van der Waals surface area contributed by atoms with Crippen LogP contribution in [0.15, 0.2) is 18.2 Å². The largest absolute Gasteiger partial charge is 0.454 e. The normalized spacial score (nSPS) is 17.5. The number of carbonyl (C=O) groups excluding carboxylic acids is 4. The minimum absolute atomic E-state index is 0.208. The smallest absolute Gasteiger partial charge is 0.326 e. The van der Waals surface area contributed by atoms with Gasteiger partial charge in [-0.15, -0.1) is 0 Å². The molecule has 2 N–H and O–H groups in total. The van der Waals surface area contributed by atoms with Crippen LogP contribution < -0.4 is 10.6 Å². The molecule has 2 aliphatic rings. The van der Waals surface area contributed by atoms with Gasteiger partial charge in [0, 0.05) is 5.69 Å². The fourth-order valence-electron chi connectivity index (χ4n) is 4.33. The van der Waals surface area contributed by atoms with Gasteiger partial charge in [-0.3, -0.25) is 19.3 Å². The average molecular weight is 430 g/mol. The Morgan fingerprint density at radius 2 is 1.68 bits per heavy atom. The lowest BCUT2D eigenvalue weighted by Crippen LogP contribution is -2.44. The third-order valence-electron chi connectivity index (χ3n) is 5.99. The van der Waals surface area contributed by atoms with Gasteiger partial charge in [0.05, 0.1) is 0 Å². The minimum atomic E-state index is -0.872. The summed E-state index contributed by atoms with van der Waals surface area (Å²) in [5.74, 6) is -1.23. The fourth-order valence-corrected chi connectivity index (χ4v) is 4.33. The van der Waals surface area contributed by atoms with Gasteiger partial charge in [0.15, 0.2) is 6.61 Å². The Hall–Kier alpha value is -2.90. The monoisotopic (exact) mass is 429 g/mol. The van der Waals surface area contributed by atoms with Gasteiger partial charge in [-0.1, -0.05) is 58.7 Å². The quantitative estimate of drug-likeness (QED) is 0.511. The van der Waals surface area contributed by atoms with Crippen molar-refractivity contribution in [1.82, 2.24) is 10.2 Å². The van der Waals surface area contributed by atoms with E-state index in [2.05, 4.69) is 10.6 Å². The van der Waals surface area contributed by atoms with E-state index in [1.807, 2.05) is 45.9 Å². The Morgan fingerprint density at radius 3 is 2.23 bits per heavy atom. The molecule has 1 saturated carbocycles. The second kappa shape index (κ2) is 9.08. The summed E-state index contributed by atoms with van der Waals surface area (Å²) in [7, 11) is 0. The summed E-state index contributed by atoms with van der Waals surface area (Å²) in [6, 6.07) is 5.32. The molecule has 1 aliphatic heterocycles. The molecule has 0 unspecified atom stereocenters. The number of amides is 4. The molecule has 8 heteroatoms. The maximum Gasteiger partial charge on any atom is 0.326 e. The molecule has 31 heavy (non-hydrogen) atoms. The van der Waals surface area contributed by atoms with Crippen molar-refractivity contribution in [1.29, 1.82) is 0 Å². The number of esters is 1. The van der Waals surface area contributed by atoms with Crippen molar-refractivity contribution in [2.45, 2.75) is 70.8 Å². The van der Waals surface area contributed by atoms with Crippen LogP contribution in [0.1, 0.15) is 76.3 Å². The van der Waals surface area contributed by atoms with E-state index in [-0.39, 0.29) is 17.7 Å². The van der Waals surface area contributed by atoms with Gasteiger partial charge in [-0.2, -0.15) is 0 Å². The van der Waals surface area contributed by atoms with Crippen molar-refractivity contribution in [3.05, 3.63) is 29.3 Å². The second-order valence-electron chi connectivity index (χ2n) is 8.94. The molecule has 1 heterocycles. The molecular formula is C23H31N3O5. The number of imide groups is 1. The van der Waals surface area contributed by atoms with E-state index in [9.17, 15) is 19.2 Å². The number of nitrogens with zero attached hydrogens (tertiary/aromatic N) is 1. The van der Waals surface area contributed by atoms with Crippen molar-refractivity contribution in [3.63, 3.8) is 0 Å². The van der Waals surface area contributed by atoms with Crippen LogP contribution in [0, 0.1) is 0 Å². The first-order valence-electron chi connectivity index (χ1n) is 10.9. The number of urea groups is 1. The summed E-state index contributed by atoms with van der Waals surface area (Å²) >= 11 is 0. The number of rotatable bonds is 7. The summed E-state index contributed by atoms with van der Waals surface area (Å²) < 4.78 is 5.06. The zero-order valence-electron chi connectivity index (χ0n) is 18.6. The molecule has 8 nitrogen and oxygen atoms in total. The van der Waals surface area contributed by atoms with Crippen LogP contribution in [-0.2, 0) is 19.1 Å². The highest BCUT2D eigenvalue weighted by molar-refractivity contribution is 6.09. The summed E-state index contributed by atoms with van der Waals surface area (Å²) in [6.07, 6.45) is 2.89. The Bertz CT molecular complexity index is 861. The Morgan fingerprint density at radius 1 is 1.10 bits per heavy atom. The van der Waals surface area contributed by atoms with E-state index in [4.69, 9.17) is 4.74 Å². The zero-order valence-corrected chi connectivity index (χ0v) is 18.6. The van der Waals surface area contributed by atoms with Gasteiger partial charge in [0.25, 0.3) is 11.8 Å². The number of hydrogen-bond acceptors (Lipinski definition) is 5. The number of benzene rings is 1. The van der Waals surface area contributed by atoms with Crippen molar-refractivity contribution in [2.75, 3.05) is 18.5 Å². The van der Waals surface area contributed by atoms with Crippen molar-refractivity contribution in [3.8, 4) is 0 Å². The van der Waals surface area contributed by atoms with E-state index in [0.29, 0.717) is 12.8 Å². The lowest BCUT2D eigenvalue weighted by molar-refractivity contribution is -0.150. The van der Waals surface area contributed by atoms with E-state index in [1.54, 1.807) is 0 Å². The molecule has 0 bridgehead atoms. The third kappa shape index (κ3) is 4.73. The summed E-state index contributed by atoms with van der Waals surface area (Å²) in [6.45, 7) is 7.19. The standard InChI is InChI=1S/C23H31N3O5/c1-14(2)16-8-7-9-17(15(3)4)20(16)24-18(27)13-31-19(28)12-26-21(29)23(25-22(26)30)10-5-6-11-23/h7-9,14-15H,5-6,10-13H2,1-4H3,(H,24,27)(H,25,30). The first kappa shape index (κ1) is 22.8. The molecule has 3 rings (SSSR count). The molecule has 1 aromatic carbocycles. The number of anilines is 1. The predicted octanol–water partition coefficient (Wildman–Crippen LogP) is 3.28. The van der Waals surface area contributed by atoms with Crippen LogP contribution in [0.4, 0.5) is 10.5 Å². The predicted molar refractivity (Wildman–Crippen MR) is 116 cm³/mol. The van der Waals surface area contributed by atoms with Crippen molar-refractivity contribution >= 4 is 29.5 Å². The van der Waals surface area contributed by atoms with E-state index in [1.165, 1.54) is 0 Å². The molecule has 1 saturated heterocycles. The number of para-hydroxylation sites is 1. The second-order valence-corrected chi connectivity index (χ2v) is 8.94. The maximum absolute atomic E-state index is 12.6. The molecule has 1 aliphatic carbocycles. The lowest BCUT2D eigenvalue weighted by Gasteiger charge is -2.20. The number of carbonyl (C=O) groups is 4. The van der Waals surface area contributed by atoms with Gasteiger partial charge in [0.1, 0.15) is 12.1 Å². The van der Waals surface area contributed by atoms with Crippen LogP contribution in [-0.4, -0.2) is 47.4 Å². The molecule has 0 aromatic heterocycles. The third-order valence-corrected chi connectivity index (χ3v) is 5.99. The first-order chi connectivity index (χ1) is 14.6. The molecule has 2 fully saturated rings. The van der Waals surface area contributed by atoms with Crippen LogP contribution in [0.5, 0.6) is 0 Å². The van der Waals surface area contributed by atoms with E-state index in [0.717, 1.165) is 34.6 Å². The number of nitrogens with one attached hydrogen (secondary N) is 2. The maximum atomic E-state index is 12.6. The number of hydrogen-bond donors (Lipinski definition) is 2. The van der Waals surface area contributed by atoms with Crippen LogP contribution >= 0.6 is 0 Å². The molecule has 1 spiro atoms. The molecule has 0 atom stereocenters. The van der Waals surface area contributed by atoms with Crippen LogP contribution in [0.3, 0.4) is 0 Å². The van der Waals surface area contributed by atoms with E-state index >= 15 is 0 Å². The summed E-state index contributed by atoms with van der Waals surface area (Å²) in [5.41, 5.74) is 1.88. The topological polar surface area (TPSA) is 105 Å². The zero-order chi connectivity index (χ0) is 22.8. The molecule has 1 aromatic rings. The van der Waals surface area contributed by atoms with E-state index < -0.39 is 36.6 Å². The average Bonchev–Trinajstić information content (AvgIpc) is 3.27. The van der Waals surface area contributed by atoms with Gasteiger partial charge >= 0.3 is 12.0 Å². The van der Waals surface area contributed by atoms with Crippen molar-refractivity contribution < 1.29 is 23.9 Å². The van der Waals surface area contributed by atoms with Crippen LogP contribution in [0.25, 0.3) is 0 Å². The van der Waals surface area contributed by atoms with Crippen LogP contribution in [0.2, 0.25) is 0 Å². The SMILES string of the molecule is CC(C)c1cccc(C(C)C)c1NC(=O)COC(=O)CN1C(=O)NC2(CCCC2)C1=O. The minimum Gasteiger partial charge on any atom is -0.454 e. The number of ether oxygens (including phenoxy) is 1. The molecule has 0 radical (unpaired) electrons. The highest BCUT2D eigenvalue weighted by atomic mass is 16.5. The molecule has 4 amide bonds.